The second-order valence-electron chi connectivity index (χ2n) is 6.09. The van der Waals surface area contributed by atoms with Crippen LogP contribution in [0, 0.1) is 0 Å². The first-order valence-corrected chi connectivity index (χ1v) is 7.46. The van der Waals surface area contributed by atoms with E-state index in [-0.39, 0.29) is 11.8 Å². The van der Waals surface area contributed by atoms with E-state index >= 15 is 0 Å². The Morgan fingerprint density at radius 3 is 2.57 bits per heavy atom. The first-order chi connectivity index (χ1) is 10.9. The number of rotatable bonds is 2. The number of hydrogen-bond acceptors (Lipinski definition) is 4. The Balaban J connectivity index is 1.84. The minimum atomic E-state index is -0.851. The molecule has 0 atom stereocenters. The van der Waals surface area contributed by atoms with Gasteiger partial charge < -0.3 is 10.2 Å². The molecule has 0 unspecified atom stereocenters. The lowest BCUT2D eigenvalue weighted by Crippen LogP contribution is -2.63. The average molecular weight is 313 g/mol. The number of nitrogens with one attached hydrogen (secondary N) is 1. The molecule has 120 valence electrons. The number of carbonyl (C=O) groups excluding carboxylic acids is 2. The zero-order valence-corrected chi connectivity index (χ0v) is 13.4. The molecule has 0 bridgehead atoms. The highest BCUT2D eigenvalue weighted by Gasteiger charge is 2.40. The molecule has 1 aliphatic rings. The fraction of sp³-hybridized carbons (Fsp3) is 0.375. The van der Waals surface area contributed by atoms with Gasteiger partial charge in [-0.25, -0.2) is 4.98 Å². The lowest BCUT2D eigenvalue weighted by atomic mass is 9.97. The summed E-state index contributed by atoms with van der Waals surface area (Å²) in [5.74, 6) is 0.334. The van der Waals surface area contributed by atoms with E-state index in [1.54, 1.807) is 48.9 Å². The lowest BCUT2D eigenvalue weighted by Gasteiger charge is -2.41. The van der Waals surface area contributed by atoms with E-state index in [1.165, 1.54) is 0 Å². The zero-order valence-electron chi connectivity index (χ0n) is 13.4. The Bertz CT molecular complexity index is 748. The van der Waals surface area contributed by atoms with Crippen molar-refractivity contribution in [2.75, 3.05) is 13.1 Å². The highest BCUT2D eigenvalue weighted by atomic mass is 16.2. The van der Waals surface area contributed by atoms with Gasteiger partial charge in [0.2, 0.25) is 5.91 Å². The van der Waals surface area contributed by atoms with Gasteiger partial charge in [0.25, 0.3) is 5.91 Å². The van der Waals surface area contributed by atoms with Gasteiger partial charge in [0.1, 0.15) is 11.9 Å². The Labute approximate surface area is 134 Å². The standard InChI is InChI=1S/C16H19N5O2/c1-16(2)15(23)17-8-9-21(16)14(22)12-6-4-11(5-7-12)13-18-10-20(3)19-13/h4-7,10H,8-9H2,1-3H3,(H,17,23). The molecule has 1 N–H and O–H groups in total. The monoisotopic (exact) mass is 313 g/mol. The van der Waals surface area contributed by atoms with Crippen molar-refractivity contribution in [1.29, 1.82) is 0 Å². The van der Waals surface area contributed by atoms with E-state index < -0.39 is 5.54 Å². The molecule has 2 amide bonds. The highest BCUT2D eigenvalue weighted by Crippen LogP contribution is 2.22. The smallest absolute Gasteiger partial charge is 0.254 e. The highest BCUT2D eigenvalue weighted by molar-refractivity contribution is 5.99. The fourth-order valence-corrected chi connectivity index (χ4v) is 2.64. The number of benzene rings is 1. The first kappa shape index (κ1) is 15.2. The minimum Gasteiger partial charge on any atom is -0.352 e. The van der Waals surface area contributed by atoms with Crippen LogP contribution >= 0.6 is 0 Å². The molecule has 1 saturated heterocycles. The van der Waals surface area contributed by atoms with Crippen molar-refractivity contribution in [3.63, 3.8) is 0 Å². The van der Waals surface area contributed by atoms with Crippen LogP contribution in [0.3, 0.4) is 0 Å². The summed E-state index contributed by atoms with van der Waals surface area (Å²) in [6, 6.07) is 7.13. The Hall–Kier alpha value is -2.70. The molecule has 0 radical (unpaired) electrons. The molecule has 2 heterocycles. The van der Waals surface area contributed by atoms with E-state index in [4.69, 9.17) is 0 Å². The van der Waals surface area contributed by atoms with Gasteiger partial charge in [0.15, 0.2) is 5.82 Å². The molecule has 1 aliphatic heterocycles. The van der Waals surface area contributed by atoms with Crippen LogP contribution in [-0.2, 0) is 11.8 Å². The normalized spacial score (nSPS) is 17.0. The predicted molar refractivity (Wildman–Crippen MR) is 84.6 cm³/mol. The van der Waals surface area contributed by atoms with Crippen LogP contribution in [0.5, 0.6) is 0 Å². The predicted octanol–water partition coefficient (Wildman–Crippen LogP) is 0.833. The van der Waals surface area contributed by atoms with E-state index in [2.05, 4.69) is 15.4 Å². The Morgan fingerprint density at radius 1 is 1.26 bits per heavy atom. The summed E-state index contributed by atoms with van der Waals surface area (Å²) in [5, 5.41) is 7.03. The van der Waals surface area contributed by atoms with Crippen LogP contribution in [0.15, 0.2) is 30.6 Å². The third-order valence-electron chi connectivity index (χ3n) is 4.09. The van der Waals surface area contributed by atoms with Gasteiger partial charge in [-0.15, -0.1) is 0 Å². The molecule has 1 aromatic carbocycles. The Kier molecular flexibility index (Phi) is 3.63. The summed E-state index contributed by atoms with van der Waals surface area (Å²) in [7, 11) is 1.80. The van der Waals surface area contributed by atoms with Crippen molar-refractivity contribution in [1.82, 2.24) is 25.0 Å². The van der Waals surface area contributed by atoms with Gasteiger partial charge in [0.05, 0.1) is 0 Å². The number of aryl methyl sites for hydroxylation is 1. The van der Waals surface area contributed by atoms with Crippen molar-refractivity contribution < 1.29 is 9.59 Å². The number of carbonyl (C=O) groups is 2. The number of amides is 2. The molecular weight excluding hydrogens is 294 g/mol. The molecule has 3 rings (SSSR count). The van der Waals surface area contributed by atoms with Gasteiger partial charge >= 0.3 is 0 Å². The molecule has 0 saturated carbocycles. The van der Waals surface area contributed by atoms with Gasteiger partial charge in [-0.2, -0.15) is 5.10 Å². The van der Waals surface area contributed by atoms with Gasteiger partial charge in [-0.05, 0) is 26.0 Å². The van der Waals surface area contributed by atoms with Crippen molar-refractivity contribution in [3.05, 3.63) is 36.2 Å². The molecule has 2 aromatic rings. The largest absolute Gasteiger partial charge is 0.352 e. The number of nitrogens with zero attached hydrogens (tertiary/aromatic N) is 4. The second kappa shape index (κ2) is 5.49. The summed E-state index contributed by atoms with van der Waals surface area (Å²) in [5.41, 5.74) is 0.543. The van der Waals surface area contributed by atoms with Gasteiger partial charge in [-0.3, -0.25) is 14.3 Å². The summed E-state index contributed by atoms with van der Waals surface area (Å²) < 4.78 is 1.63. The third-order valence-corrected chi connectivity index (χ3v) is 4.09. The summed E-state index contributed by atoms with van der Waals surface area (Å²) >= 11 is 0. The summed E-state index contributed by atoms with van der Waals surface area (Å²) in [6.07, 6.45) is 1.63. The molecule has 0 spiro atoms. The van der Waals surface area contributed by atoms with Crippen molar-refractivity contribution >= 4 is 11.8 Å². The van der Waals surface area contributed by atoms with Crippen LogP contribution in [-0.4, -0.2) is 50.1 Å². The molecular formula is C16H19N5O2. The van der Waals surface area contributed by atoms with Gasteiger partial charge in [-0.1, -0.05) is 12.1 Å². The first-order valence-electron chi connectivity index (χ1n) is 7.46. The van der Waals surface area contributed by atoms with Crippen molar-refractivity contribution in [2.24, 2.45) is 7.05 Å². The maximum absolute atomic E-state index is 12.7. The van der Waals surface area contributed by atoms with Crippen LogP contribution in [0.4, 0.5) is 0 Å². The quantitative estimate of drug-likeness (QED) is 0.890. The van der Waals surface area contributed by atoms with E-state index in [0.29, 0.717) is 24.5 Å². The zero-order chi connectivity index (χ0) is 16.6. The fourth-order valence-electron chi connectivity index (χ4n) is 2.64. The maximum Gasteiger partial charge on any atom is 0.254 e. The van der Waals surface area contributed by atoms with Crippen LogP contribution in [0.2, 0.25) is 0 Å². The summed E-state index contributed by atoms with van der Waals surface area (Å²) in [4.78, 5) is 30.5. The van der Waals surface area contributed by atoms with Crippen LogP contribution in [0.25, 0.3) is 11.4 Å². The summed E-state index contributed by atoms with van der Waals surface area (Å²) in [6.45, 7) is 4.49. The van der Waals surface area contributed by atoms with E-state index in [1.807, 2.05) is 12.1 Å². The SMILES string of the molecule is Cn1cnc(-c2ccc(C(=O)N3CCNC(=O)C3(C)C)cc2)n1. The third kappa shape index (κ3) is 2.69. The minimum absolute atomic E-state index is 0.133. The lowest BCUT2D eigenvalue weighted by molar-refractivity contribution is -0.133. The van der Waals surface area contributed by atoms with E-state index in [9.17, 15) is 9.59 Å². The average Bonchev–Trinajstić information content (AvgIpc) is 2.96. The van der Waals surface area contributed by atoms with Crippen LogP contribution in [0.1, 0.15) is 24.2 Å². The molecule has 7 nitrogen and oxygen atoms in total. The molecule has 1 fully saturated rings. The Morgan fingerprint density at radius 2 is 1.96 bits per heavy atom. The molecule has 7 heteroatoms. The van der Waals surface area contributed by atoms with Crippen molar-refractivity contribution in [3.8, 4) is 11.4 Å². The number of piperazine rings is 1. The second-order valence-corrected chi connectivity index (χ2v) is 6.09. The van der Waals surface area contributed by atoms with E-state index in [0.717, 1.165) is 5.56 Å². The molecule has 0 aliphatic carbocycles. The maximum atomic E-state index is 12.7. The topological polar surface area (TPSA) is 80.1 Å². The number of hydrogen-bond donors (Lipinski definition) is 1. The van der Waals surface area contributed by atoms with Gasteiger partial charge in [0, 0.05) is 31.3 Å². The molecule has 23 heavy (non-hydrogen) atoms. The number of aromatic nitrogens is 3. The molecule has 1 aromatic heterocycles. The van der Waals surface area contributed by atoms with Crippen molar-refractivity contribution in [2.45, 2.75) is 19.4 Å². The van der Waals surface area contributed by atoms with Crippen LogP contribution < -0.4 is 5.32 Å².